The minimum absolute atomic E-state index is 0.110. The predicted molar refractivity (Wildman–Crippen MR) is 145 cm³/mol. The molecule has 0 aliphatic carbocycles. The molecule has 1 unspecified atom stereocenters. The first-order valence-corrected chi connectivity index (χ1v) is 13.1. The molecule has 7 nitrogen and oxygen atoms in total. The lowest BCUT2D eigenvalue weighted by Gasteiger charge is -2.36. The summed E-state index contributed by atoms with van der Waals surface area (Å²) in [5.74, 6) is 0.802. The number of amides is 1. The normalized spacial score (nSPS) is 15.6. The monoisotopic (exact) mass is 520 g/mol. The van der Waals surface area contributed by atoms with E-state index in [-0.39, 0.29) is 17.6 Å². The number of carbonyl (C=O) groups is 1. The van der Waals surface area contributed by atoms with Crippen LogP contribution in [-0.4, -0.2) is 45.3 Å². The van der Waals surface area contributed by atoms with Gasteiger partial charge in [-0.15, -0.1) is 0 Å². The molecule has 1 N–H and O–H groups in total. The Labute approximate surface area is 222 Å². The maximum absolute atomic E-state index is 13.3. The highest BCUT2D eigenvalue weighted by molar-refractivity contribution is 6.31. The van der Waals surface area contributed by atoms with Gasteiger partial charge in [-0.05, 0) is 59.7 Å². The SMILES string of the molecule is CC(C)(C)COC(=O)N1CCc2c([nH]c3ccc(Cl)cc23)C1c1ccc(OCCCn2ccnc2)cc1. The molecule has 2 aromatic heterocycles. The molecule has 1 aliphatic heterocycles. The van der Waals surface area contributed by atoms with Crippen LogP contribution in [0.4, 0.5) is 4.79 Å². The Kier molecular flexibility index (Phi) is 7.15. The fourth-order valence-electron chi connectivity index (χ4n) is 4.77. The second-order valence-corrected chi connectivity index (χ2v) is 11.2. The van der Waals surface area contributed by atoms with E-state index in [0.29, 0.717) is 24.8 Å². The summed E-state index contributed by atoms with van der Waals surface area (Å²) in [6.07, 6.45) is 6.85. The van der Waals surface area contributed by atoms with E-state index in [2.05, 4.69) is 30.7 Å². The van der Waals surface area contributed by atoms with Crippen molar-refractivity contribution in [3.63, 3.8) is 0 Å². The molecule has 194 valence electrons. The number of aromatic amines is 1. The van der Waals surface area contributed by atoms with E-state index >= 15 is 0 Å². The average molecular weight is 521 g/mol. The molecule has 0 bridgehead atoms. The third kappa shape index (κ3) is 5.77. The predicted octanol–water partition coefficient (Wildman–Crippen LogP) is 6.62. The largest absolute Gasteiger partial charge is 0.494 e. The number of rotatable bonds is 7. The summed E-state index contributed by atoms with van der Waals surface area (Å²) >= 11 is 6.32. The average Bonchev–Trinajstić information content (AvgIpc) is 3.52. The molecule has 3 heterocycles. The quantitative estimate of drug-likeness (QED) is 0.278. The summed E-state index contributed by atoms with van der Waals surface area (Å²) in [6.45, 7) is 8.56. The van der Waals surface area contributed by atoms with Gasteiger partial charge in [-0.2, -0.15) is 0 Å². The first kappa shape index (κ1) is 25.2. The van der Waals surface area contributed by atoms with Gasteiger partial charge in [0.15, 0.2) is 0 Å². The number of imidazole rings is 1. The summed E-state index contributed by atoms with van der Waals surface area (Å²) < 4.78 is 13.7. The summed E-state index contributed by atoms with van der Waals surface area (Å²) in [5, 5.41) is 1.81. The zero-order valence-corrected chi connectivity index (χ0v) is 22.3. The molecule has 1 atom stereocenters. The lowest BCUT2D eigenvalue weighted by Crippen LogP contribution is -2.41. The van der Waals surface area contributed by atoms with Crippen molar-refractivity contribution in [3.8, 4) is 5.75 Å². The van der Waals surface area contributed by atoms with Crippen LogP contribution < -0.4 is 4.74 Å². The maximum Gasteiger partial charge on any atom is 0.410 e. The summed E-state index contributed by atoms with van der Waals surface area (Å²) in [6, 6.07) is 13.6. The van der Waals surface area contributed by atoms with E-state index in [9.17, 15) is 4.79 Å². The Morgan fingerprint density at radius 2 is 2.00 bits per heavy atom. The first-order chi connectivity index (χ1) is 17.8. The smallest absolute Gasteiger partial charge is 0.410 e. The first-order valence-electron chi connectivity index (χ1n) is 12.7. The number of H-pyrrole nitrogens is 1. The number of nitrogens with one attached hydrogen (secondary N) is 1. The third-order valence-electron chi connectivity index (χ3n) is 6.54. The maximum atomic E-state index is 13.3. The van der Waals surface area contributed by atoms with Gasteiger partial charge in [0, 0.05) is 47.1 Å². The van der Waals surface area contributed by atoms with Crippen molar-refractivity contribution >= 4 is 28.6 Å². The van der Waals surface area contributed by atoms with E-state index in [0.717, 1.165) is 47.3 Å². The van der Waals surface area contributed by atoms with Gasteiger partial charge in [0.25, 0.3) is 0 Å². The van der Waals surface area contributed by atoms with Gasteiger partial charge >= 0.3 is 6.09 Å². The Morgan fingerprint density at radius 3 is 2.73 bits per heavy atom. The highest BCUT2D eigenvalue weighted by Crippen LogP contribution is 2.40. The fraction of sp³-hybridized carbons (Fsp3) is 0.379. The minimum atomic E-state index is -0.304. The van der Waals surface area contributed by atoms with Crippen molar-refractivity contribution < 1.29 is 14.3 Å². The second-order valence-electron chi connectivity index (χ2n) is 10.7. The number of carbonyl (C=O) groups excluding carboxylic acids is 1. The molecule has 0 saturated heterocycles. The lowest BCUT2D eigenvalue weighted by atomic mass is 9.92. The fourth-order valence-corrected chi connectivity index (χ4v) is 4.94. The van der Waals surface area contributed by atoms with Crippen molar-refractivity contribution in [3.05, 3.63) is 83.0 Å². The second kappa shape index (κ2) is 10.5. The van der Waals surface area contributed by atoms with E-state index in [1.807, 2.05) is 64.5 Å². The number of hydrogen-bond acceptors (Lipinski definition) is 4. The van der Waals surface area contributed by atoms with Crippen LogP contribution in [0.15, 0.2) is 61.2 Å². The zero-order chi connectivity index (χ0) is 26.0. The third-order valence-corrected chi connectivity index (χ3v) is 6.77. The van der Waals surface area contributed by atoms with Gasteiger partial charge in [0.1, 0.15) is 11.8 Å². The molecule has 0 saturated carbocycles. The van der Waals surface area contributed by atoms with E-state index in [1.165, 1.54) is 5.56 Å². The Morgan fingerprint density at radius 1 is 1.19 bits per heavy atom. The standard InChI is InChI=1S/C29H33ClN4O3/c1-29(2,3)18-37-28(35)34-14-11-23-24-17-21(30)7-10-25(24)32-26(23)27(34)20-5-8-22(9-6-20)36-16-4-13-33-15-12-31-19-33/h5-10,12,15,17,19,27,32H,4,11,13-14,16,18H2,1-3H3. The van der Waals surface area contributed by atoms with Crippen molar-refractivity contribution in [2.24, 2.45) is 5.41 Å². The molecular weight excluding hydrogens is 488 g/mol. The summed E-state index contributed by atoms with van der Waals surface area (Å²) in [5.41, 5.74) is 4.10. The number of hydrogen-bond donors (Lipinski definition) is 1. The Bertz CT molecular complexity index is 1360. The number of aryl methyl sites for hydroxylation is 1. The van der Waals surface area contributed by atoms with Gasteiger partial charge in [-0.1, -0.05) is 44.5 Å². The van der Waals surface area contributed by atoms with Gasteiger partial charge in [-0.3, -0.25) is 4.90 Å². The molecule has 2 aromatic carbocycles. The zero-order valence-electron chi connectivity index (χ0n) is 21.5. The molecule has 5 rings (SSSR count). The van der Waals surface area contributed by atoms with Crippen LogP contribution in [0, 0.1) is 5.41 Å². The van der Waals surface area contributed by atoms with E-state index in [4.69, 9.17) is 21.1 Å². The van der Waals surface area contributed by atoms with Crippen LogP contribution in [0.1, 0.15) is 50.1 Å². The molecule has 37 heavy (non-hydrogen) atoms. The molecule has 0 spiro atoms. The van der Waals surface area contributed by atoms with Crippen LogP contribution in [0.5, 0.6) is 5.75 Å². The minimum Gasteiger partial charge on any atom is -0.494 e. The van der Waals surface area contributed by atoms with Crippen LogP contribution >= 0.6 is 11.6 Å². The number of halogens is 1. The summed E-state index contributed by atoms with van der Waals surface area (Å²) in [4.78, 5) is 22.7. The summed E-state index contributed by atoms with van der Waals surface area (Å²) in [7, 11) is 0. The van der Waals surface area contributed by atoms with Crippen LogP contribution in [-0.2, 0) is 17.7 Å². The highest BCUT2D eigenvalue weighted by Gasteiger charge is 2.36. The van der Waals surface area contributed by atoms with Gasteiger partial charge in [0.2, 0.25) is 0 Å². The molecule has 1 aliphatic rings. The molecule has 0 fully saturated rings. The number of ether oxygens (including phenoxy) is 2. The van der Waals surface area contributed by atoms with E-state index in [1.54, 1.807) is 6.20 Å². The van der Waals surface area contributed by atoms with Crippen molar-refractivity contribution in [1.29, 1.82) is 0 Å². The molecule has 1 amide bonds. The Hall–Kier alpha value is -3.45. The van der Waals surface area contributed by atoms with Gasteiger partial charge in [-0.25, -0.2) is 9.78 Å². The lowest BCUT2D eigenvalue weighted by molar-refractivity contribution is 0.0621. The highest BCUT2D eigenvalue weighted by atomic mass is 35.5. The van der Waals surface area contributed by atoms with Crippen LogP contribution in [0.2, 0.25) is 5.02 Å². The molecular formula is C29H33ClN4O3. The number of benzene rings is 2. The molecule has 8 heteroatoms. The molecule has 4 aromatic rings. The van der Waals surface area contributed by atoms with Crippen LogP contribution in [0.3, 0.4) is 0 Å². The van der Waals surface area contributed by atoms with Crippen molar-refractivity contribution in [1.82, 2.24) is 19.4 Å². The number of fused-ring (bicyclic) bond motifs is 3. The van der Waals surface area contributed by atoms with Crippen molar-refractivity contribution in [2.45, 2.75) is 46.2 Å². The topological polar surface area (TPSA) is 72.4 Å². The number of aromatic nitrogens is 3. The number of nitrogens with zero attached hydrogens (tertiary/aromatic N) is 3. The Balaban J connectivity index is 1.38. The van der Waals surface area contributed by atoms with Gasteiger partial charge < -0.3 is 19.0 Å². The molecule has 0 radical (unpaired) electrons. The van der Waals surface area contributed by atoms with E-state index < -0.39 is 0 Å². The van der Waals surface area contributed by atoms with Crippen molar-refractivity contribution in [2.75, 3.05) is 19.8 Å². The van der Waals surface area contributed by atoms with Crippen LogP contribution in [0.25, 0.3) is 10.9 Å². The van der Waals surface area contributed by atoms with Gasteiger partial charge in [0.05, 0.1) is 19.5 Å².